The fourth-order valence-corrected chi connectivity index (χ4v) is 3.19. The van der Waals surface area contributed by atoms with E-state index in [4.69, 9.17) is 16.3 Å². The SMILES string of the molecule is CC1C(=O)N(CC(O)COCc2ccccc2Cl)C(=O)N1c1ccccc1. The number of carbonyl (C=O) groups excluding carboxylic acids is 2. The van der Waals surface area contributed by atoms with Gasteiger partial charge in [-0.05, 0) is 30.7 Å². The Balaban J connectivity index is 1.57. The smallest absolute Gasteiger partial charge is 0.332 e. The molecule has 1 saturated heterocycles. The van der Waals surface area contributed by atoms with E-state index in [0.717, 1.165) is 10.5 Å². The maximum atomic E-state index is 12.7. The van der Waals surface area contributed by atoms with Crippen LogP contribution in [0.2, 0.25) is 5.02 Å². The Morgan fingerprint density at radius 3 is 2.48 bits per heavy atom. The second-order valence-electron chi connectivity index (χ2n) is 6.37. The molecule has 2 atom stereocenters. The molecule has 0 aliphatic carbocycles. The standard InChI is InChI=1S/C20H21ClN2O4/c1-14-19(25)22(20(26)23(14)16-8-3-2-4-9-16)11-17(24)13-27-12-15-7-5-6-10-18(15)21/h2-10,14,17,24H,11-13H2,1H3. The van der Waals surface area contributed by atoms with Gasteiger partial charge in [-0.2, -0.15) is 0 Å². The molecule has 3 rings (SSSR count). The minimum Gasteiger partial charge on any atom is -0.389 e. The number of nitrogens with zero attached hydrogens (tertiary/aromatic N) is 2. The van der Waals surface area contributed by atoms with Crippen molar-refractivity contribution in [2.24, 2.45) is 0 Å². The molecule has 1 N–H and O–H groups in total. The quantitative estimate of drug-likeness (QED) is 0.740. The fraction of sp³-hybridized carbons (Fsp3) is 0.300. The molecular formula is C20H21ClN2O4. The van der Waals surface area contributed by atoms with E-state index in [0.29, 0.717) is 10.7 Å². The number of hydrogen-bond donors (Lipinski definition) is 1. The summed E-state index contributed by atoms with van der Waals surface area (Å²) in [5.74, 6) is -0.339. The van der Waals surface area contributed by atoms with Crippen LogP contribution in [0.1, 0.15) is 12.5 Å². The summed E-state index contributed by atoms with van der Waals surface area (Å²) < 4.78 is 5.48. The molecule has 0 saturated carbocycles. The maximum absolute atomic E-state index is 12.7. The van der Waals surface area contributed by atoms with Crippen molar-refractivity contribution in [3.63, 3.8) is 0 Å². The highest BCUT2D eigenvalue weighted by atomic mass is 35.5. The fourth-order valence-electron chi connectivity index (χ4n) is 3.00. The molecule has 1 heterocycles. The van der Waals surface area contributed by atoms with Crippen LogP contribution >= 0.6 is 11.6 Å². The van der Waals surface area contributed by atoms with Crippen LogP contribution in [0.15, 0.2) is 54.6 Å². The second kappa shape index (κ2) is 8.52. The Bertz CT molecular complexity index is 815. The minimum atomic E-state index is -0.983. The number of imide groups is 1. The molecule has 2 aromatic carbocycles. The lowest BCUT2D eigenvalue weighted by Crippen LogP contribution is -2.40. The highest BCUT2D eigenvalue weighted by molar-refractivity contribution is 6.31. The number of amides is 3. The van der Waals surface area contributed by atoms with Gasteiger partial charge in [0.25, 0.3) is 5.91 Å². The molecule has 6 nitrogen and oxygen atoms in total. The van der Waals surface area contributed by atoms with Crippen LogP contribution in [-0.2, 0) is 16.1 Å². The molecule has 2 aromatic rings. The molecule has 0 aromatic heterocycles. The van der Waals surface area contributed by atoms with Crippen LogP contribution in [-0.4, -0.2) is 47.2 Å². The number of aliphatic hydroxyl groups excluding tert-OH is 1. The highest BCUT2D eigenvalue weighted by Crippen LogP contribution is 2.25. The molecule has 0 bridgehead atoms. The summed E-state index contributed by atoms with van der Waals surface area (Å²) in [5.41, 5.74) is 1.46. The van der Waals surface area contributed by atoms with Crippen LogP contribution in [0.4, 0.5) is 10.5 Å². The third-order valence-electron chi connectivity index (χ3n) is 4.40. The number of benzene rings is 2. The minimum absolute atomic E-state index is 0.0119. The van der Waals surface area contributed by atoms with Crippen molar-refractivity contribution >= 4 is 29.2 Å². The molecule has 0 spiro atoms. The number of urea groups is 1. The Hall–Kier alpha value is -2.41. The monoisotopic (exact) mass is 388 g/mol. The summed E-state index contributed by atoms with van der Waals surface area (Å²) in [6.45, 7) is 1.79. The van der Waals surface area contributed by atoms with E-state index >= 15 is 0 Å². The van der Waals surface area contributed by atoms with Crippen LogP contribution in [0.3, 0.4) is 0 Å². The maximum Gasteiger partial charge on any atom is 0.332 e. The first-order valence-corrected chi connectivity index (χ1v) is 9.05. The number of para-hydroxylation sites is 1. The molecule has 27 heavy (non-hydrogen) atoms. The highest BCUT2D eigenvalue weighted by Gasteiger charge is 2.43. The van der Waals surface area contributed by atoms with Crippen LogP contribution in [0, 0.1) is 0 Å². The third kappa shape index (κ3) is 4.30. The van der Waals surface area contributed by atoms with Crippen LogP contribution < -0.4 is 4.90 Å². The zero-order valence-corrected chi connectivity index (χ0v) is 15.7. The lowest BCUT2D eigenvalue weighted by molar-refractivity contribution is -0.128. The van der Waals surface area contributed by atoms with Gasteiger partial charge in [-0.15, -0.1) is 0 Å². The van der Waals surface area contributed by atoms with Gasteiger partial charge in [0.2, 0.25) is 0 Å². The molecule has 1 fully saturated rings. The summed E-state index contributed by atoms with van der Waals surface area (Å²) in [6, 6.07) is 15.2. The van der Waals surface area contributed by atoms with E-state index < -0.39 is 18.2 Å². The average molecular weight is 389 g/mol. The number of aliphatic hydroxyl groups is 1. The summed E-state index contributed by atoms with van der Waals surface area (Å²) in [7, 11) is 0. The summed E-state index contributed by atoms with van der Waals surface area (Å²) in [4.78, 5) is 27.6. The summed E-state index contributed by atoms with van der Waals surface area (Å²) in [6.07, 6.45) is -0.983. The van der Waals surface area contributed by atoms with E-state index in [1.165, 1.54) is 4.90 Å². The first-order valence-electron chi connectivity index (χ1n) is 8.68. The second-order valence-corrected chi connectivity index (χ2v) is 6.78. The molecular weight excluding hydrogens is 368 g/mol. The van der Waals surface area contributed by atoms with Crippen LogP contribution in [0.5, 0.6) is 0 Å². The van der Waals surface area contributed by atoms with E-state index in [1.54, 1.807) is 37.3 Å². The van der Waals surface area contributed by atoms with Gasteiger partial charge in [0, 0.05) is 10.7 Å². The normalized spacial score (nSPS) is 18.3. The van der Waals surface area contributed by atoms with Gasteiger partial charge < -0.3 is 9.84 Å². The summed E-state index contributed by atoms with van der Waals surface area (Å²) in [5, 5.41) is 10.8. The van der Waals surface area contributed by atoms with Crippen molar-refractivity contribution in [2.45, 2.75) is 25.7 Å². The number of halogens is 1. The number of rotatable bonds is 7. The number of carbonyl (C=O) groups is 2. The zero-order chi connectivity index (χ0) is 19.4. The first-order chi connectivity index (χ1) is 13.0. The Morgan fingerprint density at radius 2 is 1.78 bits per heavy atom. The molecule has 1 aliphatic rings. The Morgan fingerprint density at radius 1 is 1.11 bits per heavy atom. The van der Waals surface area contributed by atoms with Crippen LogP contribution in [0.25, 0.3) is 0 Å². The molecule has 3 amide bonds. The largest absolute Gasteiger partial charge is 0.389 e. The summed E-state index contributed by atoms with van der Waals surface area (Å²) >= 11 is 6.06. The van der Waals surface area contributed by atoms with Crippen molar-refractivity contribution in [3.8, 4) is 0 Å². The van der Waals surface area contributed by atoms with Gasteiger partial charge in [0.15, 0.2) is 0 Å². The van der Waals surface area contributed by atoms with E-state index in [2.05, 4.69) is 0 Å². The van der Waals surface area contributed by atoms with E-state index in [-0.39, 0.29) is 25.7 Å². The molecule has 2 unspecified atom stereocenters. The van der Waals surface area contributed by atoms with Crippen molar-refractivity contribution in [2.75, 3.05) is 18.1 Å². The number of hydrogen-bond acceptors (Lipinski definition) is 4. The van der Waals surface area contributed by atoms with Gasteiger partial charge in [0.1, 0.15) is 6.04 Å². The lowest BCUT2D eigenvalue weighted by Gasteiger charge is -2.20. The lowest BCUT2D eigenvalue weighted by atomic mass is 10.2. The van der Waals surface area contributed by atoms with Gasteiger partial charge in [-0.3, -0.25) is 14.6 Å². The van der Waals surface area contributed by atoms with Crippen molar-refractivity contribution in [1.29, 1.82) is 0 Å². The Kier molecular flexibility index (Phi) is 6.11. The van der Waals surface area contributed by atoms with Gasteiger partial charge in [-0.25, -0.2) is 4.79 Å². The third-order valence-corrected chi connectivity index (χ3v) is 4.77. The van der Waals surface area contributed by atoms with E-state index in [9.17, 15) is 14.7 Å². The number of anilines is 1. The van der Waals surface area contributed by atoms with Gasteiger partial charge in [-0.1, -0.05) is 48.0 Å². The van der Waals surface area contributed by atoms with Crippen molar-refractivity contribution in [1.82, 2.24) is 4.90 Å². The number of β-amino-alcohol motifs (C(OH)–C–C–N with tert-alkyl or cyclic N) is 1. The van der Waals surface area contributed by atoms with Gasteiger partial charge >= 0.3 is 6.03 Å². The number of ether oxygens (including phenoxy) is 1. The van der Waals surface area contributed by atoms with Gasteiger partial charge in [0.05, 0.1) is 25.9 Å². The molecule has 7 heteroatoms. The topological polar surface area (TPSA) is 70.1 Å². The predicted molar refractivity (Wildman–Crippen MR) is 103 cm³/mol. The predicted octanol–water partition coefficient (Wildman–Crippen LogP) is 3.07. The van der Waals surface area contributed by atoms with Crippen molar-refractivity contribution < 1.29 is 19.4 Å². The molecule has 142 valence electrons. The Labute approximate surface area is 162 Å². The van der Waals surface area contributed by atoms with Crippen molar-refractivity contribution in [3.05, 3.63) is 65.2 Å². The zero-order valence-electron chi connectivity index (χ0n) is 14.9. The van der Waals surface area contributed by atoms with E-state index in [1.807, 2.05) is 24.3 Å². The first kappa shape index (κ1) is 19.4. The molecule has 0 radical (unpaired) electrons. The molecule has 1 aliphatic heterocycles. The average Bonchev–Trinajstić information content (AvgIpc) is 2.87.